The van der Waals surface area contributed by atoms with Crippen molar-refractivity contribution in [3.63, 3.8) is 0 Å². The molecule has 0 aliphatic carbocycles. The topological polar surface area (TPSA) is 35.5 Å². The lowest BCUT2D eigenvalue weighted by molar-refractivity contribution is 0.0599. The molecule has 3 heteroatoms. The van der Waals surface area contributed by atoms with Crippen LogP contribution in [0.15, 0.2) is 24.8 Å². The molecule has 0 unspecified atom stereocenters. The van der Waals surface area contributed by atoms with Crippen LogP contribution in [0, 0.1) is 6.92 Å². The first kappa shape index (κ1) is 15.2. The molecule has 0 spiro atoms. The van der Waals surface area contributed by atoms with Gasteiger partial charge in [-0.15, -0.1) is 0 Å². The van der Waals surface area contributed by atoms with Gasteiger partial charge < -0.3 is 9.47 Å². The molecule has 0 aromatic heterocycles. The van der Waals surface area contributed by atoms with Crippen molar-refractivity contribution >= 4 is 11.7 Å². The molecule has 0 aliphatic heterocycles. The Kier molecular flexibility index (Phi) is 6.71. The van der Waals surface area contributed by atoms with Gasteiger partial charge in [-0.25, -0.2) is 4.79 Å². The fourth-order valence-corrected chi connectivity index (χ4v) is 1.42. The molecule has 1 aromatic carbocycles. The van der Waals surface area contributed by atoms with Crippen molar-refractivity contribution in [2.75, 3.05) is 14.2 Å². The maximum Gasteiger partial charge on any atom is 0.338 e. The monoisotopic (exact) mass is 236 g/mol. The molecule has 0 fully saturated rings. The van der Waals surface area contributed by atoms with Crippen LogP contribution in [-0.2, 0) is 9.47 Å². The Morgan fingerprint density at radius 3 is 2.24 bits per heavy atom. The predicted octanol–water partition coefficient (Wildman–Crippen LogP) is 3.42. The van der Waals surface area contributed by atoms with Crippen molar-refractivity contribution in [2.45, 2.75) is 20.8 Å². The van der Waals surface area contributed by atoms with Crippen molar-refractivity contribution in [3.05, 3.63) is 41.5 Å². The Morgan fingerprint density at radius 2 is 1.76 bits per heavy atom. The average molecular weight is 236 g/mol. The zero-order valence-electron chi connectivity index (χ0n) is 11.2. The summed E-state index contributed by atoms with van der Waals surface area (Å²) in [6.45, 7) is 9.65. The zero-order valence-corrected chi connectivity index (χ0v) is 11.2. The van der Waals surface area contributed by atoms with E-state index in [-0.39, 0.29) is 5.97 Å². The summed E-state index contributed by atoms with van der Waals surface area (Å²) in [5.74, 6) is 0.0837. The average Bonchev–Trinajstić information content (AvgIpc) is 2.39. The standard InChI is InChI=1S/C12H14O3.C2H6/c1-8-6-5-7-10(12(13)15-4)11(8)9(2)14-3;1-2/h5-7H,2H2,1,3-4H3;1-2H3. The van der Waals surface area contributed by atoms with Gasteiger partial charge in [0, 0.05) is 5.56 Å². The first-order valence-corrected chi connectivity index (χ1v) is 5.53. The van der Waals surface area contributed by atoms with Crippen LogP contribution in [0.2, 0.25) is 0 Å². The van der Waals surface area contributed by atoms with Gasteiger partial charge in [-0.05, 0) is 18.6 Å². The second-order valence-electron chi connectivity index (χ2n) is 3.12. The summed E-state index contributed by atoms with van der Waals surface area (Å²) in [7, 11) is 2.87. The number of ether oxygens (including phenoxy) is 2. The van der Waals surface area contributed by atoms with Crippen LogP contribution in [0.25, 0.3) is 5.76 Å². The van der Waals surface area contributed by atoms with Gasteiger partial charge in [0.05, 0.1) is 19.8 Å². The highest BCUT2D eigenvalue weighted by molar-refractivity contribution is 5.95. The molecular weight excluding hydrogens is 216 g/mol. The Labute approximate surface area is 103 Å². The molecule has 0 amide bonds. The molecular formula is C14H20O3. The van der Waals surface area contributed by atoms with E-state index >= 15 is 0 Å². The molecule has 0 bridgehead atoms. The van der Waals surface area contributed by atoms with Gasteiger partial charge in [0.15, 0.2) is 0 Å². The molecule has 0 heterocycles. The highest BCUT2D eigenvalue weighted by Gasteiger charge is 2.15. The summed E-state index contributed by atoms with van der Waals surface area (Å²) in [4.78, 5) is 11.5. The molecule has 17 heavy (non-hydrogen) atoms. The van der Waals surface area contributed by atoms with Gasteiger partial charge in [0.1, 0.15) is 5.76 Å². The molecule has 1 rings (SSSR count). The second kappa shape index (κ2) is 7.49. The number of carbonyl (C=O) groups excluding carboxylic acids is 1. The van der Waals surface area contributed by atoms with Crippen LogP contribution >= 0.6 is 0 Å². The lowest BCUT2D eigenvalue weighted by atomic mass is 10.0. The number of hydrogen-bond acceptors (Lipinski definition) is 3. The molecule has 0 saturated carbocycles. The number of methoxy groups -OCH3 is 2. The maximum atomic E-state index is 11.5. The van der Waals surface area contributed by atoms with Gasteiger partial charge in [-0.1, -0.05) is 32.6 Å². The summed E-state index contributed by atoms with van der Waals surface area (Å²) < 4.78 is 9.74. The third-order valence-corrected chi connectivity index (χ3v) is 2.20. The molecule has 3 nitrogen and oxygen atoms in total. The highest BCUT2D eigenvalue weighted by Crippen LogP contribution is 2.23. The Balaban J connectivity index is 0.00000121. The summed E-state index contributed by atoms with van der Waals surface area (Å²) in [5, 5.41) is 0. The highest BCUT2D eigenvalue weighted by atomic mass is 16.5. The van der Waals surface area contributed by atoms with Crippen LogP contribution < -0.4 is 0 Å². The third-order valence-electron chi connectivity index (χ3n) is 2.20. The first-order chi connectivity index (χ1) is 8.11. The number of rotatable bonds is 3. The zero-order chi connectivity index (χ0) is 13.4. The normalized spacial score (nSPS) is 8.76. The van der Waals surface area contributed by atoms with Crippen LogP contribution in [-0.4, -0.2) is 20.2 Å². The molecule has 0 saturated heterocycles. The number of carbonyl (C=O) groups is 1. The van der Waals surface area contributed by atoms with E-state index in [1.54, 1.807) is 12.1 Å². The molecule has 0 N–H and O–H groups in total. The third kappa shape index (κ3) is 3.63. The summed E-state index contributed by atoms with van der Waals surface area (Å²) >= 11 is 0. The first-order valence-electron chi connectivity index (χ1n) is 5.53. The van der Waals surface area contributed by atoms with E-state index in [1.807, 2.05) is 26.8 Å². The van der Waals surface area contributed by atoms with Gasteiger partial charge in [0.2, 0.25) is 0 Å². The van der Waals surface area contributed by atoms with Crippen LogP contribution in [0.5, 0.6) is 0 Å². The van der Waals surface area contributed by atoms with E-state index in [0.717, 1.165) is 5.56 Å². The molecule has 0 radical (unpaired) electrons. The Morgan fingerprint density at radius 1 is 1.18 bits per heavy atom. The largest absolute Gasteiger partial charge is 0.497 e. The van der Waals surface area contributed by atoms with Gasteiger partial charge in [0.25, 0.3) is 0 Å². The number of benzene rings is 1. The molecule has 0 atom stereocenters. The van der Waals surface area contributed by atoms with Crippen LogP contribution in [0.4, 0.5) is 0 Å². The predicted molar refractivity (Wildman–Crippen MR) is 69.9 cm³/mol. The molecule has 94 valence electrons. The van der Waals surface area contributed by atoms with Crippen molar-refractivity contribution in [1.29, 1.82) is 0 Å². The number of aryl methyl sites for hydroxylation is 1. The molecule has 0 aliphatic rings. The van der Waals surface area contributed by atoms with E-state index in [4.69, 9.17) is 9.47 Å². The smallest absolute Gasteiger partial charge is 0.338 e. The minimum absolute atomic E-state index is 0.383. The lowest BCUT2D eigenvalue weighted by Crippen LogP contribution is -2.07. The lowest BCUT2D eigenvalue weighted by Gasteiger charge is -2.12. The van der Waals surface area contributed by atoms with E-state index < -0.39 is 0 Å². The van der Waals surface area contributed by atoms with Crippen molar-refractivity contribution < 1.29 is 14.3 Å². The maximum absolute atomic E-state index is 11.5. The number of hydrogen-bond donors (Lipinski definition) is 0. The summed E-state index contributed by atoms with van der Waals surface area (Å²) in [5.41, 5.74) is 2.11. The van der Waals surface area contributed by atoms with E-state index in [0.29, 0.717) is 16.9 Å². The fraction of sp³-hybridized carbons (Fsp3) is 0.357. The van der Waals surface area contributed by atoms with E-state index in [9.17, 15) is 4.79 Å². The van der Waals surface area contributed by atoms with Crippen molar-refractivity contribution in [3.8, 4) is 0 Å². The molecule has 1 aromatic rings. The SMILES string of the molecule is C=C(OC)c1c(C)cccc1C(=O)OC.CC. The Bertz CT molecular complexity index is 394. The Hall–Kier alpha value is -1.77. The van der Waals surface area contributed by atoms with Gasteiger partial charge in [-0.3, -0.25) is 0 Å². The van der Waals surface area contributed by atoms with E-state index in [1.165, 1.54) is 14.2 Å². The number of esters is 1. The summed E-state index contributed by atoms with van der Waals surface area (Å²) in [6.07, 6.45) is 0. The second-order valence-corrected chi connectivity index (χ2v) is 3.12. The van der Waals surface area contributed by atoms with Crippen molar-refractivity contribution in [2.24, 2.45) is 0 Å². The van der Waals surface area contributed by atoms with Crippen molar-refractivity contribution in [1.82, 2.24) is 0 Å². The van der Waals surface area contributed by atoms with Gasteiger partial charge >= 0.3 is 5.97 Å². The minimum Gasteiger partial charge on any atom is -0.497 e. The van der Waals surface area contributed by atoms with Gasteiger partial charge in [-0.2, -0.15) is 0 Å². The van der Waals surface area contributed by atoms with E-state index in [2.05, 4.69) is 6.58 Å². The van der Waals surface area contributed by atoms with Crippen LogP contribution in [0.3, 0.4) is 0 Å². The quantitative estimate of drug-likeness (QED) is 0.596. The minimum atomic E-state index is -0.383. The van der Waals surface area contributed by atoms with Crippen LogP contribution in [0.1, 0.15) is 35.3 Å². The fourth-order valence-electron chi connectivity index (χ4n) is 1.42. The summed E-state index contributed by atoms with van der Waals surface area (Å²) in [6, 6.07) is 5.39.